The summed E-state index contributed by atoms with van der Waals surface area (Å²) >= 11 is 7.00. The van der Waals surface area contributed by atoms with Crippen molar-refractivity contribution in [1.82, 2.24) is 9.29 Å². The van der Waals surface area contributed by atoms with Gasteiger partial charge in [0.05, 0.1) is 15.1 Å². The number of aromatic nitrogens is 1. The molecule has 0 atom stereocenters. The monoisotopic (exact) mass is 477 g/mol. The van der Waals surface area contributed by atoms with Crippen molar-refractivity contribution >= 4 is 54.2 Å². The topological polar surface area (TPSA) is 88.6 Å². The molecule has 2 aromatic carbocycles. The second kappa shape index (κ2) is 10.1. The fourth-order valence-electron chi connectivity index (χ4n) is 2.66. The lowest BCUT2D eigenvalue weighted by Gasteiger charge is -2.18. The smallest absolute Gasteiger partial charge is 0.264 e. The second-order valence-electron chi connectivity index (χ2n) is 6.34. The van der Waals surface area contributed by atoms with Crippen molar-refractivity contribution in [3.8, 4) is 5.75 Å². The number of thiazole rings is 1. The number of hydrogen-bond donors (Lipinski definition) is 1. The van der Waals surface area contributed by atoms with E-state index in [1.807, 2.05) is 0 Å². The molecule has 162 valence electrons. The van der Waals surface area contributed by atoms with Gasteiger partial charge >= 0.3 is 0 Å². The Kier molecular flexibility index (Phi) is 7.45. The van der Waals surface area contributed by atoms with E-state index < -0.39 is 10.0 Å². The molecule has 0 bridgehead atoms. The number of amides is 1. The Labute approximate surface area is 189 Å². The van der Waals surface area contributed by atoms with Crippen LogP contribution in [0.4, 0.5) is 5.13 Å². The third-order valence-electron chi connectivity index (χ3n) is 4.09. The van der Waals surface area contributed by atoms with Crippen LogP contribution in [0.5, 0.6) is 5.75 Å². The molecule has 1 aromatic heterocycles. The molecule has 7 nitrogen and oxygen atoms in total. The minimum Gasteiger partial charge on any atom is -0.484 e. The van der Waals surface area contributed by atoms with Gasteiger partial charge in [0.25, 0.3) is 5.91 Å². The van der Waals surface area contributed by atoms with Crippen molar-refractivity contribution in [2.75, 3.05) is 25.0 Å². The molecule has 1 heterocycles. The Morgan fingerprint density at radius 3 is 2.48 bits per heavy atom. The highest BCUT2D eigenvalue weighted by Gasteiger charge is 2.23. The van der Waals surface area contributed by atoms with Crippen molar-refractivity contribution in [1.29, 1.82) is 0 Å². The molecule has 0 spiro atoms. The fourth-order valence-corrected chi connectivity index (χ4v) is 5.19. The molecule has 0 fully saturated rings. The molecule has 3 rings (SSSR count). The van der Waals surface area contributed by atoms with Crippen molar-refractivity contribution in [2.45, 2.75) is 4.90 Å². The van der Waals surface area contributed by atoms with E-state index in [4.69, 9.17) is 16.3 Å². The van der Waals surface area contributed by atoms with E-state index in [0.29, 0.717) is 26.1 Å². The van der Waals surface area contributed by atoms with E-state index in [1.165, 1.54) is 33.9 Å². The number of nitrogens with one attached hydrogen (secondary N) is 1. The van der Waals surface area contributed by atoms with Crippen LogP contribution in [0.2, 0.25) is 5.02 Å². The number of sulfonamides is 1. The Morgan fingerprint density at radius 1 is 1.16 bits per heavy atom. The molecular weight excluding hydrogens is 458 g/mol. The number of benzene rings is 2. The number of ether oxygens (including phenoxy) is 1. The molecule has 0 aliphatic rings. The summed E-state index contributed by atoms with van der Waals surface area (Å²) in [6, 6.07) is 11.3. The number of anilines is 1. The normalized spacial score (nSPS) is 11.4. The van der Waals surface area contributed by atoms with Crippen LogP contribution in [0.25, 0.3) is 10.2 Å². The van der Waals surface area contributed by atoms with Gasteiger partial charge < -0.3 is 4.74 Å². The minimum absolute atomic E-state index is 0.135. The van der Waals surface area contributed by atoms with Crippen LogP contribution >= 0.6 is 22.9 Å². The molecule has 31 heavy (non-hydrogen) atoms. The lowest BCUT2D eigenvalue weighted by Crippen LogP contribution is -2.31. The first kappa shape index (κ1) is 23.0. The molecule has 0 aliphatic carbocycles. The largest absolute Gasteiger partial charge is 0.484 e. The van der Waals surface area contributed by atoms with Crippen molar-refractivity contribution in [3.05, 3.63) is 72.8 Å². The molecule has 0 saturated carbocycles. The number of nitrogens with zero attached hydrogens (tertiary/aromatic N) is 2. The van der Waals surface area contributed by atoms with Gasteiger partial charge in [0, 0.05) is 18.1 Å². The van der Waals surface area contributed by atoms with Crippen molar-refractivity contribution < 1.29 is 17.9 Å². The number of hydrogen-bond acceptors (Lipinski definition) is 6. The maximum atomic E-state index is 12.9. The van der Waals surface area contributed by atoms with Crippen LogP contribution in [-0.2, 0) is 14.8 Å². The van der Waals surface area contributed by atoms with Crippen LogP contribution < -0.4 is 10.1 Å². The summed E-state index contributed by atoms with van der Waals surface area (Å²) in [5, 5.41) is 3.59. The van der Waals surface area contributed by atoms with Gasteiger partial charge in [-0.3, -0.25) is 10.1 Å². The lowest BCUT2D eigenvalue weighted by atomic mass is 10.3. The van der Waals surface area contributed by atoms with Crippen molar-refractivity contribution in [3.63, 3.8) is 0 Å². The van der Waals surface area contributed by atoms with Gasteiger partial charge in [-0.05, 0) is 42.5 Å². The third-order valence-corrected chi connectivity index (χ3v) is 7.11. The van der Waals surface area contributed by atoms with E-state index in [2.05, 4.69) is 23.5 Å². The SMILES string of the molecule is C=CCN(CC=C)S(=O)(=O)c1ccc2nc(NC(=O)COc3ccc(Cl)cc3)sc2c1. The maximum absolute atomic E-state index is 12.9. The predicted molar refractivity (Wildman–Crippen MR) is 124 cm³/mol. The summed E-state index contributed by atoms with van der Waals surface area (Å²) < 4.78 is 33.1. The van der Waals surface area contributed by atoms with E-state index in [0.717, 1.165) is 0 Å². The van der Waals surface area contributed by atoms with Gasteiger partial charge in [0.2, 0.25) is 10.0 Å². The lowest BCUT2D eigenvalue weighted by molar-refractivity contribution is -0.118. The van der Waals surface area contributed by atoms with E-state index in [1.54, 1.807) is 36.4 Å². The van der Waals surface area contributed by atoms with Crippen LogP contribution in [0.3, 0.4) is 0 Å². The summed E-state index contributed by atoms with van der Waals surface area (Å²) in [6.45, 7) is 7.35. The number of fused-ring (bicyclic) bond motifs is 1. The molecule has 1 N–H and O–H groups in total. The highest BCUT2D eigenvalue weighted by Crippen LogP contribution is 2.29. The zero-order valence-corrected chi connectivity index (χ0v) is 18.8. The van der Waals surface area contributed by atoms with Crippen LogP contribution in [0, 0.1) is 0 Å². The van der Waals surface area contributed by atoms with Crippen LogP contribution in [0.15, 0.2) is 72.7 Å². The first-order valence-corrected chi connectivity index (χ1v) is 11.8. The summed E-state index contributed by atoms with van der Waals surface area (Å²) in [4.78, 5) is 16.6. The average Bonchev–Trinajstić information content (AvgIpc) is 3.14. The highest BCUT2D eigenvalue weighted by molar-refractivity contribution is 7.89. The molecule has 10 heteroatoms. The van der Waals surface area contributed by atoms with Gasteiger partial charge in [-0.1, -0.05) is 35.1 Å². The molecule has 3 aromatic rings. The average molecular weight is 478 g/mol. The minimum atomic E-state index is -3.72. The number of rotatable bonds is 10. The summed E-state index contributed by atoms with van der Waals surface area (Å²) in [5.74, 6) is 0.132. The molecule has 0 unspecified atom stereocenters. The zero-order chi connectivity index (χ0) is 22.4. The Morgan fingerprint density at radius 2 is 1.84 bits per heavy atom. The van der Waals surface area contributed by atoms with Crippen molar-refractivity contribution in [2.24, 2.45) is 0 Å². The second-order valence-corrected chi connectivity index (χ2v) is 9.74. The molecule has 0 saturated heterocycles. The molecule has 1 amide bonds. The maximum Gasteiger partial charge on any atom is 0.264 e. The zero-order valence-electron chi connectivity index (χ0n) is 16.5. The predicted octanol–water partition coefficient (Wildman–Crippen LogP) is 4.33. The fraction of sp³-hybridized carbons (Fsp3) is 0.143. The first-order valence-electron chi connectivity index (χ1n) is 9.14. The van der Waals surface area contributed by atoms with Crippen LogP contribution in [0.1, 0.15) is 0 Å². The van der Waals surface area contributed by atoms with Gasteiger partial charge in [-0.15, -0.1) is 13.2 Å². The Bertz CT molecular complexity index is 1200. The summed E-state index contributed by atoms with van der Waals surface area (Å²) in [5.41, 5.74) is 0.580. The summed E-state index contributed by atoms with van der Waals surface area (Å²) in [6.07, 6.45) is 3.04. The van der Waals surface area contributed by atoms with Gasteiger partial charge in [-0.25, -0.2) is 13.4 Å². The van der Waals surface area contributed by atoms with E-state index in [-0.39, 0.29) is 30.5 Å². The Balaban J connectivity index is 1.72. The number of halogens is 1. The van der Waals surface area contributed by atoms with Gasteiger partial charge in [0.15, 0.2) is 11.7 Å². The molecular formula is C21H20ClN3O4S2. The third kappa shape index (κ3) is 5.71. The Hall–Kier alpha value is -2.72. The first-order chi connectivity index (χ1) is 14.8. The van der Waals surface area contributed by atoms with Gasteiger partial charge in [0.1, 0.15) is 5.75 Å². The van der Waals surface area contributed by atoms with Gasteiger partial charge in [-0.2, -0.15) is 4.31 Å². The number of carbonyl (C=O) groups is 1. The molecule has 0 radical (unpaired) electrons. The quantitative estimate of drug-likeness (QED) is 0.439. The highest BCUT2D eigenvalue weighted by atomic mass is 35.5. The van der Waals surface area contributed by atoms with E-state index >= 15 is 0 Å². The van der Waals surface area contributed by atoms with Crippen LogP contribution in [-0.4, -0.2) is 43.3 Å². The number of carbonyl (C=O) groups excluding carboxylic acids is 1. The molecule has 0 aliphatic heterocycles. The van der Waals surface area contributed by atoms with E-state index in [9.17, 15) is 13.2 Å². The summed E-state index contributed by atoms with van der Waals surface area (Å²) in [7, 11) is -3.72. The standard InChI is InChI=1S/C21H20ClN3O4S2/c1-3-11-25(12-4-2)31(27,28)17-9-10-18-19(13-17)30-21(23-18)24-20(26)14-29-16-7-5-15(22)6-8-16/h3-10,13H,1-2,11-12,14H2,(H,23,24,26).